The van der Waals surface area contributed by atoms with E-state index in [4.69, 9.17) is 5.11 Å². The van der Waals surface area contributed by atoms with Crippen molar-refractivity contribution in [2.24, 2.45) is 5.92 Å². The van der Waals surface area contributed by atoms with Crippen LogP contribution in [-0.2, 0) is 14.8 Å². The Hall–Kier alpha value is -1.40. The van der Waals surface area contributed by atoms with Gasteiger partial charge in [0.15, 0.2) is 0 Å². The van der Waals surface area contributed by atoms with Crippen molar-refractivity contribution in [1.29, 1.82) is 0 Å². The zero-order valence-corrected chi connectivity index (χ0v) is 12.1. The predicted molar refractivity (Wildman–Crippen MR) is 72.4 cm³/mol. The summed E-state index contributed by atoms with van der Waals surface area (Å²) in [4.78, 5) is 10.9. The van der Waals surface area contributed by atoms with E-state index in [-0.39, 0.29) is 17.9 Å². The van der Waals surface area contributed by atoms with Crippen LogP contribution in [0, 0.1) is 12.8 Å². The molecule has 1 rings (SSSR count). The highest BCUT2D eigenvalue weighted by atomic mass is 32.2. The monoisotopic (exact) mass is 285 g/mol. The lowest BCUT2D eigenvalue weighted by Gasteiger charge is -2.18. The van der Waals surface area contributed by atoms with Crippen LogP contribution in [0.15, 0.2) is 29.2 Å². The number of nitrogens with zero attached hydrogens (tertiary/aromatic N) is 1. The third-order valence-corrected chi connectivity index (χ3v) is 4.90. The molecule has 0 saturated heterocycles. The molecule has 5 nitrogen and oxygen atoms in total. The molecule has 0 bridgehead atoms. The van der Waals surface area contributed by atoms with E-state index in [0.29, 0.717) is 0 Å². The van der Waals surface area contributed by atoms with E-state index in [0.717, 1.165) is 5.56 Å². The minimum absolute atomic E-state index is 0.184. The summed E-state index contributed by atoms with van der Waals surface area (Å²) in [5, 5.41) is 8.78. The van der Waals surface area contributed by atoms with Crippen LogP contribution in [0.1, 0.15) is 18.9 Å². The molecule has 0 aliphatic rings. The van der Waals surface area contributed by atoms with Gasteiger partial charge in [0.2, 0.25) is 10.0 Å². The van der Waals surface area contributed by atoms with Crippen LogP contribution in [0.3, 0.4) is 0 Å². The number of rotatable bonds is 6. The summed E-state index contributed by atoms with van der Waals surface area (Å²) in [5.41, 5.74) is 0.987. The largest absolute Gasteiger partial charge is 0.481 e. The first kappa shape index (κ1) is 15.7. The van der Waals surface area contributed by atoms with Crippen molar-refractivity contribution in [2.45, 2.75) is 25.2 Å². The van der Waals surface area contributed by atoms with Crippen LogP contribution in [-0.4, -0.2) is 37.4 Å². The highest BCUT2D eigenvalue weighted by Gasteiger charge is 2.22. The third kappa shape index (κ3) is 4.04. The number of sulfonamides is 1. The highest BCUT2D eigenvalue weighted by Crippen LogP contribution is 2.16. The molecule has 1 aromatic rings. The average Bonchev–Trinajstić information content (AvgIpc) is 2.35. The van der Waals surface area contributed by atoms with Crippen LogP contribution in [0.4, 0.5) is 0 Å². The summed E-state index contributed by atoms with van der Waals surface area (Å²) in [6.45, 7) is 3.63. The van der Waals surface area contributed by atoms with Gasteiger partial charge in [-0.1, -0.05) is 24.6 Å². The molecule has 0 aromatic heterocycles. The van der Waals surface area contributed by atoms with E-state index >= 15 is 0 Å². The molecule has 0 radical (unpaired) electrons. The van der Waals surface area contributed by atoms with Gasteiger partial charge in [0.25, 0.3) is 0 Å². The van der Waals surface area contributed by atoms with E-state index in [9.17, 15) is 13.2 Å². The summed E-state index contributed by atoms with van der Waals surface area (Å²) in [5.74, 6) is -1.48. The number of carboxylic acid groups (broad SMARTS) is 1. The van der Waals surface area contributed by atoms with Crippen molar-refractivity contribution in [3.8, 4) is 0 Å². The lowest BCUT2D eigenvalue weighted by atomic mass is 10.1. The third-order valence-electron chi connectivity index (χ3n) is 3.03. The zero-order valence-electron chi connectivity index (χ0n) is 11.3. The topological polar surface area (TPSA) is 74.7 Å². The van der Waals surface area contributed by atoms with Gasteiger partial charge in [-0.3, -0.25) is 4.79 Å². The molecule has 0 aliphatic heterocycles. The van der Waals surface area contributed by atoms with Crippen molar-refractivity contribution in [3.05, 3.63) is 29.8 Å². The summed E-state index contributed by atoms with van der Waals surface area (Å²) >= 11 is 0. The Morgan fingerprint density at radius 3 is 2.32 bits per heavy atom. The van der Waals surface area contributed by atoms with E-state index in [1.165, 1.54) is 11.4 Å². The molecule has 19 heavy (non-hydrogen) atoms. The van der Waals surface area contributed by atoms with Gasteiger partial charge in [0, 0.05) is 13.6 Å². The summed E-state index contributed by atoms with van der Waals surface area (Å²) in [6, 6.07) is 6.59. The number of aryl methyl sites for hydroxylation is 1. The molecule has 6 heteroatoms. The molecule has 1 unspecified atom stereocenters. The first-order valence-corrected chi connectivity index (χ1v) is 7.45. The van der Waals surface area contributed by atoms with Crippen LogP contribution in [0.2, 0.25) is 0 Å². The number of hydrogen-bond donors (Lipinski definition) is 1. The molecule has 0 heterocycles. The maximum atomic E-state index is 12.2. The van der Waals surface area contributed by atoms with E-state index < -0.39 is 21.9 Å². The maximum absolute atomic E-state index is 12.2. The highest BCUT2D eigenvalue weighted by molar-refractivity contribution is 7.89. The second kappa shape index (κ2) is 6.16. The van der Waals surface area contributed by atoms with Gasteiger partial charge in [-0.25, -0.2) is 12.7 Å². The quantitative estimate of drug-likeness (QED) is 0.863. The molecular formula is C13H19NO4S. The Morgan fingerprint density at radius 2 is 1.84 bits per heavy atom. The molecule has 0 aliphatic carbocycles. The fourth-order valence-electron chi connectivity index (χ4n) is 1.51. The molecule has 0 spiro atoms. The Labute approximate surface area is 113 Å². The first-order valence-electron chi connectivity index (χ1n) is 6.01. The molecule has 1 atom stereocenters. The zero-order chi connectivity index (χ0) is 14.6. The molecular weight excluding hydrogens is 266 g/mol. The smallest absolute Gasteiger partial charge is 0.306 e. The van der Waals surface area contributed by atoms with Gasteiger partial charge >= 0.3 is 5.97 Å². The number of benzene rings is 1. The summed E-state index contributed by atoms with van der Waals surface area (Å²) in [7, 11) is -2.07. The molecule has 106 valence electrons. The van der Waals surface area contributed by atoms with Crippen LogP contribution < -0.4 is 0 Å². The van der Waals surface area contributed by atoms with E-state index in [2.05, 4.69) is 0 Å². The van der Waals surface area contributed by atoms with Crippen LogP contribution in [0.25, 0.3) is 0 Å². The fourth-order valence-corrected chi connectivity index (χ4v) is 2.69. The van der Waals surface area contributed by atoms with Crippen molar-refractivity contribution in [1.82, 2.24) is 4.31 Å². The molecule has 0 saturated carbocycles. The number of carboxylic acids is 1. The number of carbonyl (C=O) groups is 1. The van der Waals surface area contributed by atoms with Gasteiger partial charge < -0.3 is 5.11 Å². The molecule has 1 aromatic carbocycles. The Kier molecular flexibility index (Phi) is 5.08. The Morgan fingerprint density at radius 1 is 1.32 bits per heavy atom. The van der Waals surface area contributed by atoms with Crippen molar-refractivity contribution in [3.63, 3.8) is 0 Å². The van der Waals surface area contributed by atoms with Gasteiger partial charge in [-0.05, 0) is 25.5 Å². The molecule has 1 N–H and O–H groups in total. The normalized spacial score (nSPS) is 13.5. The van der Waals surface area contributed by atoms with Crippen molar-refractivity contribution >= 4 is 16.0 Å². The summed E-state index contributed by atoms with van der Waals surface area (Å²) < 4.78 is 25.6. The molecule has 0 amide bonds. The lowest BCUT2D eigenvalue weighted by molar-refractivity contribution is -0.141. The minimum atomic E-state index is -3.54. The predicted octanol–water partition coefficient (Wildman–Crippen LogP) is 1.73. The average molecular weight is 285 g/mol. The Bertz CT molecular complexity index is 536. The minimum Gasteiger partial charge on any atom is -0.481 e. The SMILES string of the molecule is Cc1ccc(S(=O)(=O)N(C)CCC(C)C(=O)O)cc1. The first-order chi connectivity index (χ1) is 8.75. The second-order valence-corrected chi connectivity index (χ2v) is 6.71. The van der Waals surface area contributed by atoms with E-state index in [1.807, 2.05) is 6.92 Å². The second-order valence-electron chi connectivity index (χ2n) is 4.67. The standard InChI is InChI=1S/C13H19NO4S/c1-10-4-6-12(7-5-10)19(17,18)14(3)9-8-11(2)13(15)16/h4-7,11H,8-9H2,1-3H3,(H,15,16). The van der Waals surface area contributed by atoms with Crippen LogP contribution >= 0.6 is 0 Å². The van der Waals surface area contributed by atoms with Gasteiger partial charge in [0.05, 0.1) is 10.8 Å². The van der Waals surface area contributed by atoms with Gasteiger partial charge in [0.1, 0.15) is 0 Å². The number of hydrogen-bond acceptors (Lipinski definition) is 3. The number of aliphatic carboxylic acids is 1. The fraction of sp³-hybridized carbons (Fsp3) is 0.462. The lowest BCUT2D eigenvalue weighted by Crippen LogP contribution is -2.29. The van der Waals surface area contributed by atoms with Crippen molar-refractivity contribution < 1.29 is 18.3 Å². The van der Waals surface area contributed by atoms with Crippen molar-refractivity contribution in [2.75, 3.05) is 13.6 Å². The van der Waals surface area contributed by atoms with Crippen LogP contribution in [0.5, 0.6) is 0 Å². The maximum Gasteiger partial charge on any atom is 0.306 e. The van der Waals surface area contributed by atoms with Gasteiger partial charge in [-0.15, -0.1) is 0 Å². The van der Waals surface area contributed by atoms with Gasteiger partial charge in [-0.2, -0.15) is 0 Å². The Balaban J connectivity index is 2.77. The summed E-state index contributed by atoms with van der Waals surface area (Å²) in [6.07, 6.45) is 0.289. The molecule has 0 fully saturated rings. The van der Waals surface area contributed by atoms with E-state index in [1.54, 1.807) is 31.2 Å².